The molecule has 2 saturated heterocycles. The summed E-state index contributed by atoms with van der Waals surface area (Å²) in [5.74, 6) is 3.51. The van der Waals surface area contributed by atoms with Gasteiger partial charge in [0.05, 0.1) is 23.6 Å². The van der Waals surface area contributed by atoms with Crippen molar-refractivity contribution in [3.05, 3.63) is 46.7 Å². The van der Waals surface area contributed by atoms with E-state index >= 15 is 0 Å². The van der Waals surface area contributed by atoms with Crippen molar-refractivity contribution in [2.45, 2.75) is 25.6 Å². The van der Waals surface area contributed by atoms with Gasteiger partial charge in [-0.15, -0.1) is 0 Å². The van der Waals surface area contributed by atoms with Crippen LogP contribution in [0.5, 0.6) is 0 Å². The van der Waals surface area contributed by atoms with Crippen LogP contribution in [-0.2, 0) is 22.4 Å². The van der Waals surface area contributed by atoms with Crippen LogP contribution in [0.2, 0.25) is 5.02 Å². The molecule has 1 spiro atoms. The molecule has 12 heteroatoms. The lowest BCUT2D eigenvalue weighted by Crippen LogP contribution is -2.60. The zero-order valence-corrected chi connectivity index (χ0v) is 19.6. The number of hydrogen-bond acceptors (Lipinski definition) is 4. The molecule has 1 atom stereocenters. The number of hydrogen-bond donors (Lipinski definition) is 1. The number of benzene rings is 1. The Kier molecular flexibility index (Phi) is 6.17. The number of anilines is 1. The molecule has 2 fully saturated rings. The van der Waals surface area contributed by atoms with Gasteiger partial charge in [0.2, 0.25) is 0 Å². The second kappa shape index (κ2) is 8.52. The van der Waals surface area contributed by atoms with E-state index in [1.54, 1.807) is 4.90 Å². The predicted octanol–water partition coefficient (Wildman–Crippen LogP) is 3.79. The van der Waals surface area contributed by atoms with E-state index in [0.717, 1.165) is 18.9 Å². The molecule has 2 aliphatic heterocycles. The largest absolute Gasteiger partial charge is 0.416 e. The highest BCUT2D eigenvalue weighted by Crippen LogP contribution is 2.42. The lowest BCUT2D eigenvalue weighted by Gasteiger charge is -2.54. The van der Waals surface area contributed by atoms with Crippen LogP contribution >= 0.6 is 11.6 Å². The normalized spacial score (nSPS) is 20.3. The summed E-state index contributed by atoms with van der Waals surface area (Å²) in [5.41, 5.74) is -0.0159. The summed E-state index contributed by atoms with van der Waals surface area (Å²) in [6.07, 6.45) is 1.48. The molecule has 33 heavy (non-hydrogen) atoms. The van der Waals surface area contributed by atoms with Gasteiger partial charge in [0, 0.05) is 53.7 Å². The van der Waals surface area contributed by atoms with Crippen LogP contribution in [0.15, 0.2) is 30.6 Å². The number of nitrogens with zero attached hydrogens (tertiary/aromatic N) is 4. The lowest BCUT2D eigenvalue weighted by molar-refractivity contribution is -0.139. The van der Waals surface area contributed by atoms with Crippen molar-refractivity contribution in [3.8, 4) is 0 Å². The number of likely N-dealkylation sites (tertiary alicyclic amines) is 2. The van der Waals surface area contributed by atoms with Crippen molar-refractivity contribution in [1.29, 1.82) is 0 Å². The van der Waals surface area contributed by atoms with Gasteiger partial charge >= 0.3 is 12.2 Å². The summed E-state index contributed by atoms with van der Waals surface area (Å²) in [4.78, 5) is 16.4. The fraction of sp³-hybridized carbons (Fsp3) is 0.476. The van der Waals surface area contributed by atoms with Crippen molar-refractivity contribution < 1.29 is 22.2 Å². The molecule has 0 aliphatic carbocycles. The second-order valence-electron chi connectivity index (χ2n) is 8.99. The van der Waals surface area contributed by atoms with Crippen molar-refractivity contribution in [3.63, 3.8) is 0 Å². The van der Waals surface area contributed by atoms with E-state index in [0.29, 0.717) is 31.9 Å². The summed E-state index contributed by atoms with van der Waals surface area (Å²) in [6.45, 7) is 2.64. The summed E-state index contributed by atoms with van der Waals surface area (Å²) >= 11 is 5.93. The van der Waals surface area contributed by atoms with E-state index in [-0.39, 0.29) is 28.6 Å². The van der Waals surface area contributed by atoms with Crippen LogP contribution in [0, 0.1) is 5.41 Å². The highest BCUT2D eigenvalue weighted by Gasteiger charge is 2.46. The van der Waals surface area contributed by atoms with E-state index in [4.69, 9.17) is 11.6 Å². The Labute approximate surface area is 195 Å². The molecule has 4 rings (SSSR count). The van der Waals surface area contributed by atoms with Gasteiger partial charge in [0.25, 0.3) is 0 Å². The van der Waals surface area contributed by atoms with Gasteiger partial charge < -0.3 is 9.62 Å². The third kappa shape index (κ3) is 5.47. The average Bonchev–Trinajstić information content (AvgIpc) is 3.12. The quantitative estimate of drug-likeness (QED) is 0.644. The molecule has 1 unspecified atom stereocenters. The first-order valence-corrected chi connectivity index (χ1v) is 12.9. The molecule has 7 nitrogen and oxygen atoms in total. The number of alkyl halides is 3. The van der Waals surface area contributed by atoms with Crippen LogP contribution in [0.4, 0.5) is 23.7 Å². The summed E-state index contributed by atoms with van der Waals surface area (Å²) in [6, 6.07) is 3.41. The van der Waals surface area contributed by atoms with Crippen LogP contribution in [0.3, 0.4) is 0 Å². The first kappa shape index (κ1) is 23.9. The monoisotopic (exact) mass is 503 g/mol. The Bertz CT molecular complexity index is 1150. The van der Waals surface area contributed by atoms with Gasteiger partial charge in [0.1, 0.15) is 0 Å². The molecule has 2 aromatic rings. The molecular formula is C21H25ClF3N5O2S. The first-order valence-electron chi connectivity index (χ1n) is 10.4. The van der Waals surface area contributed by atoms with E-state index in [9.17, 15) is 22.2 Å². The summed E-state index contributed by atoms with van der Waals surface area (Å²) < 4.78 is 55.6. The summed E-state index contributed by atoms with van der Waals surface area (Å²) in [5, 5.41) is 4.32. The number of piperidine rings is 1. The molecule has 0 bridgehead atoms. The molecule has 0 radical (unpaired) electrons. The molecule has 180 valence electrons. The Morgan fingerprint density at radius 3 is 2.58 bits per heavy atom. The SMILES string of the molecule is C=S(C)(=O)Nc1cnn(C(=O)N2CCC3(CC2)CN(Cc2cc(Cl)ccc2C(F)(F)F)C3)c1. The number of nitrogens with one attached hydrogen (secondary N) is 1. The highest BCUT2D eigenvalue weighted by atomic mass is 35.5. The highest BCUT2D eigenvalue weighted by molar-refractivity contribution is 8.00. The molecule has 1 aromatic carbocycles. The molecule has 3 heterocycles. The van der Waals surface area contributed by atoms with Crippen molar-refractivity contribution in [2.24, 2.45) is 5.41 Å². The Balaban J connectivity index is 1.32. The van der Waals surface area contributed by atoms with E-state index in [1.165, 1.54) is 35.5 Å². The number of halogens is 4. The maximum atomic E-state index is 13.3. The Hall–Kier alpha value is -2.24. The fourth-order valence-electron chi connectivity index (χ4n) is 4.59. The minimum Gasteiger partial charge on any atom is -0.323 e. The molecule has 2 aliphatic rings. The van der Waals surface area contributed by atoms with Gasteiger partial charge in [-0.05, 0) is 47.9 Å². The number of carbonyl (C=O) groups is 1. The number of amides is 1. The summed E-state index contributed by atoms with van der Waals surface area (Å²) in [7, 11) is -2.47. The second-order valence-corrected chi connectivity index (χ2v) is 11.6. The Morgan fingerprint density at radius 2 is 1.97 bits per heavy atom. The van der Waals surface area contributed by atoms with Crippen molar-refractivity contribution in [1.82, 2.24) is 19.6 Å². The predicted molar refractivity (Wildman–Crippen MR) is 123 cm³/mol. The van der Waals surface area contributed by atoms with Crippen LogP contribution < -0.4 is 4.72 Å². The maximum Gasteiger partial charge on any atom is 0.416 e. The zero-order chi connectivity index (χ0) is 24.0. The van der Waals surface area contributed by atoms with Gasteiger partial charge in [-0.25, -0.2) is 9.00 Å². The molecular weight excluding hydrogens is 479 g/mol. The first-order chi connectivity index (χ1) is 15.3. The van der Waals surface area contributed by atoms with Crippen LogP contribution in [0.1, 0.15) is 24.0 Å². The molecule has 1 N–H and O–H groups in total. The third-order valence-electron chi connectivity index (χ3n) is 6.09. The van der Waals surface area contributed by atoms with Gasteiger partial charge in [-0.2, -0.15) is 23.0 Å². The lowest BCUT2D eigenvalue weighted by atomic mass is 9.72. The number of aromatic nitrogens is 2. The van der Waals surface area contributed by atoms with E-state index < -0.39 is 21.4 Å². The molecule has 1 aromatic heterocycles. The number of rotatable bonds is 4. The van der Waals surface area contributed by atoms with Gasteiger partial charge in [0.15, 0.2) is 0 Å². The maximum absolute atomic E-state index is 13.3. The molecule has 1 amide bonds. The third-order valence-corrected chi connectivity index (χ3v) is 6.99. The fourth-order valence-corrected chi connectivity index (χ4v) is 5.39. The van der Waals surface area contributed by atoms with Crippen LogP contribution in [0.25, 0.3) is 0 Å². The topological polar surface area (TPSA) is 70.5 Å². The van der Waals surface area contributed by atoms with Gasteiger partial charge in [-0.1, -0.05) is 11.6 Å². The van der Waals surface area contributed by atoms with Crippen molar-refractivity contribution >= 4 is 38.9 Å². The number of carbonyl (C=O) groups excluding carboxylic acids is 1. The minimum absolute atomic E-state index is 0.00615. The van der Waals surface area contributed by atoms with E-state index in [1.807, 2.05) is 4.90 Å². The zero-order valence-electron chi connectivity index (χ0n) is 18.1. The average molecular weight is 504 g/mol. The minimum atomic E-state index is -4.42. The van der Waals surface area contributed by atoms with Crippen molar-refractivity contribution in [2.75, 3.05) is 37.2 Å². The van der Waals surface area contributed by atoms with Crippen LogP contribution in [-0.4, -0.2) is 68.1 Å². The van der Waals surface area contributed by atoms with E-state index in [2.05, 4.69) is 15.7 Å². The molecule has 0 saturated carbocycles. The smallest absolute Gasteiger partial charge is 0.323 e. The Morgan fingerprint density at radius 1 is 1.30 bits per heavy atom. The standard InChI is InChI=1S/C21H25ClF3N5O2S/c1-33(2,32)27-17-10-26-30(12-17)19(31)29-7-5-20(6-8-29)13-28(14-20)11-15-9-16(22)3-4-18(15)21(23,24)25/h3-4,9-10,12H,1,5-8,11,13-14H2,2H3,(H,27,32). The van der Waals surface area contributed by atoms with Gasteiger partial charge in [-0.3, -0.25) is 4.90 Å².